The van der Waals surface area contributed by atoms with Gasteiger partial charge in [-0.3, -0.25) is 0 Å². The Hall–Kier alpha value is -4.24. The molecule has 0 unspecified atom stereocenters. The van der Waals surface area contributed by atoms with Gasteiger partial charge in [-0.2, -0.15) is 0 Å². The number of imidazole rings is 1. The first-order valence-electron chi connectivity index (χ1n) is 11.8. The smallest absolute Gasteiger partial charge is 0.335 e. The second kappa shape index (κ2) is 9.94. The first-order chi connectivity index (χ1) is 17.1. The second-order valence-corrected chi connectivity index (χ2v) is 8.70. The fourth-order valence-electron chi connectivity index (χ4n) is 4.70. The van der Waals surface area contributed by atoms with Gasteiger partial charge >= 0.3 is 5.97 Å². The van der Waals surface area contributed by atoms with Gasteiger partial charge in [0.05, 0.1) is 16.6 Å². The third-order valence-electron chi connectivity index (χ3n) is 6.35. The Labute approximate surface area is 204 Å². The van der Waals surface area contributed by atoms with Gasteiger partial charge in [0.15, 0.2) is 0 Å². The summed E-state index contributed by atoms with van der Waals surface area (Å²) < 4.78 is 13.8. The Balaban J connectivity index is 1.46. The van der Waals surface area contributed by atoms with Crippen molar-refractivity contribution in [3.63, 3.8) is 0 Å². The molecule has 6 nitrogen and oxygen atoms in total. The minimum Gasteiger partial charge on any atom is -0.481 e. The molecule has 0 bridgehead atoms. The number of ether oxygens (including phenoxy) is 2. The summed E-state index contributed by atoms with van der Waals surface area (Å²) in [4.78, 5) is 16.4. The van der Waals surface area contributed by atoms with E-state index in [-0.39, 0.29) is 12.2 Å². The second-order valence-electron chi connectivity index (χ2n) is 8.70. The number of fused-ring (bicyclic) bond motifs is 1. The Morgan fingerprint density at radius 3 is 2.51 bits per heavy atom. The minimum atomic E-state index is -0.948. The molecule has 0 spiro atoms. The van der Waals surface area contributed by atoms with Crippen molar-refractivity contribution in [3.05, 3.63) is 72.3 Å². The van der Waals surface area contributed by atoms with Crippen molar-refractivity contribution in [2.45, 2.75) is 38.1 Å². The molecule has 1 aliphatic rings. The highest BCUT2D eigenvalue weighted by Crippen LogP contribution is 2.37. The molecule has 176 valence electrons. The lowest BCUT2D eigenvalue weighted by molar-refractivity contribution is 0.0697. The lowest BCUT2D eigenvalue weighted by Crippen LogP contribution is -2.14. The zero-order valence-electron chi connectivity index (χ0n) is 19.3. The molecule has 1 aromatic heterocycles. The SMILES string of the molecule is C#CCOc1cccc(Oc2ccc(-c3nc4cc(C(=O)O)ccc4n3C3CCCCC3)cc2)c1. The molecule has 3 aromatic carbocycles. The van der Waals surface area contributed by atoms with Gasteiger partial charge in [-0.25, -0.2) is 9.78 Å². The molecule has 4 aromatic rings. The maximum Gasteiger partial charge on any atom is 0.335 e. The molecule has 0 atom stereocenters. The van der Waals surface area contributed by atoms with Gasteiger partial charge in [0.1, 0.15) is 29.7 Å². The number of carbonyl (C=O) groups is 1. The fraction of sp³-hybridized carbons (Fsp3) is 0.241. The molecule has 0 radical (unpaired) electrons. The first-order valence-corrected chi connectivity index (χ1v) is 11.8. The third-order valence-corrected chi connectivity index (χ3v) is 6.35. The Kier molecular flexibility index (Phi) is 6.40. The molecular weight excluding hydrogens is 440 g/mol. The average molecular weight is 467 g/mol. The highest BCUT2D eigenvalue weighted by atomic mass is 16.5. The van der Waals surface area contributed by atoms with Crippen molar-refractivity contribution in [1.82, 2.24) is 9.55 Å². The number of carboxylic acids is 1. The zero-order valence-corrected chi connectivity index (χ0v) is 19.3. The van der Waals surface area contributed by atoms with Crippen LogP contribution in [0.5, 0.6) is 17.2 Å². The summed E-state index contributed by atoms with van der Waals surface area (Å²) in [6.45, 7) is 0.202. The highest BCUT2D eigenvalue weighted by molar-refractivity contribution is 5.93. The van der Waals surface area contributed by atoms with Gasteiger partial charge in [-0.05, 0) is 67.4 Å². The van der Waals surface area contributed by atoms with Gasteiger partial charge in [-0.15, -0.1) is 6.42 Å². The van der Waals surface area contributed by atoms with E-state index in [0.717, 1.165) is 29.7 Å². The molecule has 0 amide bonds. The van der Waals surface area contributed by atoms with Gasteiger partial charge in [-0.1, -0.05) is 31.2 Å². The predicted octanol–water partition coefficient (Wildman–Crippen LogP) is 6.71. The standard InChI is InChI=1S/C29H26N2O4/c1-2-17-34-24-9-6-10-25(19-24)35-23-14-11-20(12-15-23)28-30-26-18-21(29(32)33)13-16-27(26)31(28)22-7-4-3-5-8-22/h1,6,9-16,18-19,22H,3-5,7-8,17H2,(H,32,33). The number of carboxylic acid groups (broad SMARTS) is 1. The van der Waals surface area contributed by atoms with Crippen molar-refractivity contribution in [3.8, 4) is 41.0 Å². The van der Waals surface area contributed by atoms with Crippen LogP contribution >= 0.6 is 0 Å². The molecular formula is C29H26N2O4. The van der Waals surface area contributed by atoms with Crippen LogP contribution in [0.25, 0.3) is 22.4 Å². The molecule has 6 heteroatoms. The molecule has 1 N–H and O–H groups in total. The summed E-state index contributed by atoms with van der Waals surface area (Å²) in [7, 11) is 0. The van der Waals surface area contributed by atoms with E-state index in [1.54, 1.807) is 18.2 Å². The summed E-state index contributed by atoms with van der Waals surface area (Å²) in [5, 5.41) is 9.43. The Morgan fingerprint density at radius 1 is 1.00 bits per heavy atom. The third kappa shape index (κ3) is 4.85. The van der Waals surface area contributed by atoms with Crippen LogP contribution < -0.4 is 9.47 Å². The summed E-state index contributed by atoms with van der Waals surface area (Å²) >= 11 is 0. The first kappa shape index (κ1) is 22.5. The number of nitrogens with zero attached hydrogens (tertiary/aromatic N) is 2. The van der Waals surface area contributed by atoms with Gasteiger partial charge < -0.3 is 19.1 Å². The molecule has 0 saturated heterocycles. The van der Waals surface area contributed by atoms with Crippen LogP contribution in [0.1, 0.15) is 48.5 Å². The zero-order chi connectivity index (χ0) is 24.2. The number of benzene rings is 3. The van der Waals surface area contributed by atoms with Crippen molar-refractivity contribution in [1.29, 1.82) is 0 Å². The van der Waals surface area contributed by atoms with E-state index >= 15 is 0 Å². The number of aromatic nitrogens is 2. The molecule has 1 aliphatic carbocycles. The van der Waals surface area contributed by atoms with Crippen LogP contribution in [0.3, 0.4) is 0 Å². The molecule has 1 fully saturated rings. The molecule has 1 heterocycles. The van der Waals surface area contributed by atoms with Crippen molar-refractivity contribution in [2.24, 2.45) is 0 Å². The summed E-state index contributed by atoms with van der Waals surface area (Å²) in [6.07, 6.45) is 11.1. The van der Waals surface area contributed by atoms with Crippen LogP contribution in [0, 0.1) is 12.3 Å². The van der Waals surface area contributed by atoms with Crippen LogP contribution in [0.4, 0.5) is 0 Å². The summed E-state index contributed by atoms with van der Waals surface area (Å²) in [5.41, 5.74) is 2.88. The van der Waals surface area contributed by atoms with E-state index in [9.17, 15) is 9.90 Å². The topological polar surface area (TPSA) is 73.6 Å². The summed E-state index contributed by atoms with van der Waals surface area (Å²) in [5.74, 6) is 4.36. The lowest BCUT2D eigenvalue weighted by Gasteiger charge is -2.25. The van der Waals surface area contributed by atoms with Gasteiger partial charge in [0.25, 0.3) is 0 Å². The van der Waals surface area contributed by atoms with Crippen LogP contribution in [0.2, 0.25) is 0 Å². The lowest BCUT2D eigenvalue weighted by atomic mass is 9.95. The number of hydrogen-bond acceptors (Lipinski definition) is 4. The fourth-order valence-corrected chi connectivity index (χ4v) is 4.70. The van der Waals surface area contributed by atoms with Gasteiger partial charge in [0, 0.05) is 17.7 Å². The Morgan fingerprint density at radius 2 is 1.77 bits per heavy atom. The monoisotopic (exact) mass is 466 g/mol. The normalized spacial score (nSPS) is 13.9. The summed E-state index contributed by atoms with van der Waals surface area (Å²) in [6, 6.07) is 20.7. The van der Waals surface area contributed by atoms with E-state index < -0.39 is 5.97 Å². The molecule has 1 saturated carbocycles. The number of terminal acetylenes is 1. The molecule has 5 rings (SSSR count). The predicted molar refractivity (Wildman–Crippen MR) is 135 cm³/mol. The van der Waals surface area contributed by atoms with Crippen molar-refractivity contribution in [2.75, 3.05) is 6.61 Å². The number of hydrogen-bond donors (Lipinski definition) is 1. The van der Waals surface area contributed by atoms with Crippen molar-refractivity contribution < 1.29 is 19.4 Å². The largest absolute Gasteiger partial charge is 0.481 e. The van der Waals surface area contributed by atoms with Crippen LogP contribution in [-0.4, -0.2) is 27.2 Å². The molecule has 0 aliphatic heterocycles. The quantitative estimate of drug-likeness (QED) is 0.306. The van der Waals surface area contributed by atoms with E-state index in [2.05, 4.69) is 10.5 Å². The van der Waals surface area contributed by atoms with E-state index in [1.165, 1.54) is 19.3 Å². The van der Waals surface area contributed by atoms with E-state index in [4.69, 9.17) is 20.9 Å². The van der Waals surface area contributed by atoms with E-state index in [0.29, 0.717) is 28.8 Å². The maximum absolute atomic E-state index is 11.5. The van der Waals surface area contributed by atoms with Crippen LogP contribution in [-0.2, 0) is 0 Å². The number of rotatable bonds is 7. The van der Waals surface area contributed by atoms with Crippen molar-refractivity contribution >= 4 is 17.0 Å². The molecule has 35 heavy (non-hydrogen) atoms. The highest BCUT2D eigenvalue weighted by Gasteiger charge is 2.23. The maximum atomic E-state index is 11.5. The van der Waals surface area contributed by atoms with Gasteiger partial charge in [0.2, 0.25) is 0 Å². The number of aromatic carboxylic acids is 1. The van der Waals surface area contributed by atoms with E-state index in [1.807, 2.05) is 48.5 Å². The average Bonchev–Trinajstić information content (AvgIpc) is 3.27. The minimum absolute atomic E-state index is 0.202. The Bertz CT molecular complexity index is 1390. The van der Waals surface area contributed by atoms with Crippen LogP contribution in [0.15, 0.2) is 66.7 Å².